The molecule has 4 N–H and O–H groups in total. The van der Waals surface area contributed by atoms with Gasteiger partial charge in [-0.3, -0.25) is 9.54 Å². The number of hydrogen-bond donors (Lipinski definition) is 4. The lowest BCUT2D eigenvalue weighted by molar-refractivity contribution is 0.312. The Morgan fingerprint density at radius 1 is 1.00 bits per heavy atom. The van der Waals surface area contributed by atoms with Crippen molar-refractivity contribution in [3.63, 3.8) is 0 Å². The van der Waals surface area contributed by atoms with Crippen LogP contribution in [-0.2, 0) is 17.8 Å². The fourth-order valence-corrected chi connectivity index (χ4v) is 4.54. The van der Waals surface area contributed by atoms with Gasteiger partial charge in [0.2, 0.25) is 17.2 Å². The number of anilines is 5. The molecule has 4 aromatic rings. The highest BCUT2D eigenvalue weighted by atomic mass is 79.9. The van der Waals surface area contributed by atoms with Gasteiger partial charge in [-0.1, -0.05) is 18.2 Å². The third kappa shape index (κ3) is 6.37. The molecule has 2 aromatic carbocycles. The van der Waals surface area contributed by atoms with Crippen LogP contribution in [0.4, 0.5) is 29.0 Å². The van der Waals surface area contributed by atoms with E-state index < -0.39 is 11.3 Å². The fraction of sp³-hybridized carbons (Fsp3) is 0.250. The molecule has 1 fully saturated rings. The third-order valence-electron chi connectivity index (χ3n) is 6.01. The van der Waals surface area contributed by atoms with Crippen molar-refractivity contribution in [2.75, 3.05) is 48.8 Å². The summed E-state index contributed by atoms with van der Waals surface area (Å²) in [7, 11) is 2.13. The first-order valence-corrected chi connectivity index (χ1v) is 13.5. The van der Waals surface area contributed by atoms with Gasteiger partial charge in [-0.15, -0.1) is 0 Å². The van der Waals surface area contributed by atoms with E-state index in [0.717, 1.165) is 60.0 Å². The quantitative estimate of drug-likeness (QED) is 0.228. The van der Waals surface area contributed by atoms with Gasteiger partial charge in [0, 0.05) is 50.3 Å². The van der Waals surface area contributed by atoms with Crippen LogP contribution in [0.15, 0.2) is 59.3 Å². The number of piperazine rings is 1. The summed E-state index contributed by atoms with van der Waals surface area (Å²) in [5.74, 6) is 1.85. The number of para-hydroxylation sites is 1. The van der Waals surface area contributed by atoms with Crippen molar-refractivity contribution in [3.05, 3.63) is 64.9 Å². The minimum atomic E-state index is -2.10. The molecule has 192 valence electrons. The smallest absolute Gasteiger partial charge is 0.232 e. The Bertz CT molecular complexity index is 1430. The van der Waals surface area contributed by atoms with E-state index in [1.54, 1.807) is 6.20 Å². The Kier molecular flexibility index (Phi) is 7.86. The molecule has 1 atom stereocenters. The van der Waals surface area contributed by atoms with Crippen LogP contribution in [0.1, 0.15) is 5.56 Å². The molecule has 3 heterocycles. The van der Waals surface area contributed by atoms with E-state index in [4.69, 9.17) is 9.54 Å². The average Bonchev–Trinajstić information content (AvgIpc) is 2.90. The number of fused-ring (bicyclic) bond motifs is 1. The highest BCUT2D eigenvalue weighted by Crippen LogP contribution is 2.28. The number of nitrogens with zero attached hydrogens (tertiary/aromatic N) is 6. The molecule has 5 rings (SSSR count). The van der Waals surface area contributed by atoms with E-state index >= 15 is 0 Å². The monoisotopic (exact) mass is 583 g/mol. The summed E-state index contributed by atoms with van der Waals surface area (Å²) in [5.41, 5.74) is 3.96. The van der Waals surface area contributed by atoms with Crippen molar-refractivity contribution < 1.29 is 8.76 Å². The molecule has 37 heavy (non-hydrogen) atoms. The van der Waals surface area contributed by atoms with E-state index in [2.05, 4.69) is 63.1 Å². The molecule has 1 aliphatic rings. The van der Waals surface area contributed by atoms with Gasteiger partial charge in [-0.2, -0.15) is 4.98 Å². The Labute approximate surface area is 225 Å². The van der Waals surface area contributed by atoms with Crippen molar-refractivity contribution >= 4 is 67.2 Å². The predicted octanol–water partition coefficient (Wildman–Crippen LogP) is 3.65. The summed E-state index contributed by atoms with van der Waals surface area (Å²) in [4.78, 5) is 23.0. The molecule has 11 nitrogen and oxygen atoms in total. The van der Waals surface area contributed by atoms with E-state index in [0.29, 0.717) is 16.2 Å². The molecule has 0 aliphatic carbocycles. The van der Waals surface area contributed by atoms with E-state index in [1.807, 2.05) is 48.7 Å². The zero-order valence-corrected chi connectivity index (χ0v) is 22.5. The van der Waals surface area contributed by atoms with Crippen LogP contribution in [0.5, 0.6) is 0 Å². The van der Waals surface area contributed by atoms with Crippen LogP contribution in [0.2, 0.25) is 0 Å². The average molecular weight is 585 g/mol. The first-order chi connectivity index (χ1) is 17.9. The van der Waals surface area contributed by atoms with Crippen molar-refractivity contribution in [2.24, 2.45) is 0 Å². The molecule has 1 saturated heterocycles. The maximum absolute atomic E-state index is 11.0. The summed E-state index contributed by atoms with van der Waals surface area (Å²) in [6, 6.07) is 13.3. The molecule has 0 radical (unpaired) electrons. The van der Waals surface area contributed by atoms with Crippen molar-refractivity contribution in [1.82, 2.24) is 29.6 Å². The van der Waals surface area contributed by atoms with Crippen LogP contribution in [0.3, 0.4) is 0 Å². The number of hydrogen-bond acceptors (Lipinski definition) is 9. The largest absolute Gasteiger partial charge is 0.353 e. The van der Waals surface area contributed by atoms with E-state index in [9.17, 15) is 4.21 Å². The highest BCUT2D eigenvalue weighted by Gasteiger charge is 2.16. The van der Waals surface area contributed by atoms with Gasteiger partial charge in [0.05, 0.1) is 21.7 Å². The molecule has 13 heteroatoms. The molecule has 0 bridgehead atoms. The maximum Gasteiger partial charge on any atom is 0.232 e. The topological polar surface area (TPSA) is 131 Å². The van der Waals surface area contributed by atoms with E-state index in [-0.39, 0.29) is 6.54 Å². The van der Waals surface area contributed by atoms with E-state index in [1.165, 1.54) is 0 Å². The van der Waals surface area contributed by atoms with Crippen molar-refractivity contribution in [3.8, 4) is 0 Å². The molecule has 0 spiro atoms. The lowest BCUT2D eigenvalue weighted by atomic mass is 10.2. The number of nitrogens with one attached hydrogen (secondary N) is 3. The number of aromatic nitrogens is 4. The molecular weight excluding hydrogens is 558 g/mol. The van der Waals surface area contributed by atoms with Gasteiger partial charge >= 0.3 is 0 Å². The number of likely N-dealkylation sites (N-methyl/N-ethyl adjacent to an activating group) is 1. The Balaban J connectivity index is 1.32. The van der Waals surface area contributed by atoms with Gasteiger partial charge < -0.3 is 20.4 Å². The highest BCUT2D eigenvalue weighted by molar-refractivity contribution is 9.10. The van der Waals surface area contributed by atoms with Crippen LogP contribution >= 0.6 is 15.9 Å². The summed E-state index contributed by atoms with van der Waals surface area (Å²) >= 11 is 1.39. The first kappa shape index (κ1) is 25.4. The van der Waals surface area contributed by atoms with Gasteiger partial charge in [0.1, 0.15) is 11.6 Å². The minimum Gasteiger partial charge on any atom is -0.353 e. The SMILES string of the molecule is CN1CCN(c2cnc3cc(Nc4ncc(Br)c(Nc5ccccc5CNS(=O)O)n4)ccc3n2)CC1. The number of rotatable bonds is 8. The molecular formula is C24H26BrN9O2S. The van der Waals surface area contributed by atoms with Crippen LogP contribution in [-0.4, -0.2) is 66.8 Å². The standard InChI is InChI=1S/C24H26BrN9O2S/c1-33-8-10-34(11-9-33)22-15-26-21-12-17(6-7-20(21)30-22)29-24-27-14-18(25)23(32-24)31-19-5-3-2-4-16(19)13-28-37(35)36/h2-7,12,14-15,28H,8-11,13H2,1H3,(H,35,36)(H2,27,29,31,32). The Hall–Kier alpha value is -3.23. The van der Waals surface area contributed by atoms with Crippen LogP contribution < -0.4 is 20.3 Å². The zero-order valence-electron chi connectivity index (χ0n) is 20.1. The van der Waals surface area contributed by atoms with Gasteiger partial charge in [-0.05, 0) is 52.8 Å². The zero-order chi connectivity index (χ0) is 25.8. The third-order valence-corrected chi connectivity index (χ3v) is 6.99. The van der Waals surface area contributed by atoms with Gasteiger partial charge in [0.15, 0.2) is 0 Å². The lowest BCUT2D eigenvalue weighted by Gasteiger charge is -2.33. The molecule has 0 saturated carbocycles. The molecule has 0 amide bonds. The summed E-state index contributed by atoms with van der Waals surface area (Å²) in [5, 5.41) is 6.51. The van der Waals surface area contributed by atoms with Crippen LogP contribution in [0, 0.1) is 0 Å². The normalized spacial score (nSPS) is 15.1. The van der Waals surface area contributed by atoms with Gasteiger partial charge in [-0.25, -0.2) is 18.9 Å². The Morgan fingerprint density at radius 3 is 2.62 bits per heavy atom. The second-order valence-electron chi connectivity index (χ2n) is 8.59. The minimum absolute atomic E-state index is 0.217. The second kappa shape index (κ2) is 11.4. The predicted molar refractivity (Wildman–Crippen MR) is 150 cm³/mol. The summed E-state index contributed by atoms with van der Waals surface area (Å²) in [6.45, 7) is 4.12. The Morgan fingerprint density at radius 2 is 1.81 bits per heavy atom. The number of halogens is 1. The van der Waals surface area contributed by atoms with Crippen molar-refractivity contribution in [1.29, 1.82) is 0 Å². The van der Waals surface area contributed by atoms with Crippen LogP contribution in [0.25, 0.3) is 11.0 Å². The molecule has 1 aliphatic heterocycles. The summed E-state index contributed by atoms with van der Waals surface area (Å²) < 4.78 is 23.3. The maximum atomic E-state index is 11.0. The molecule has 1 unspecified atom stereocenters. The number of benzene rings is 2. The van der Waals surface area contributed by atoms with Crippen molar-refractivity contribution in [2.45, 2.75) is 6.54 Å². The second-order valence-corrected chi connectivity index (χ2v) is 10.2. The molecule has 2 aromatic heterocycles. The van der Waals surface area contributed by atoms with Gasteiger partial charge in [0.25, 0.3) is 0 Å². The first-order valence-electron chi connectivity index (χ1n) is 11.6. The summed E-state index contributed by atoms with van der Waals surface area (Å²) in [6.07, 6.45) is 3.48. The lowest BCUT2D eigenvalue weighted by Crippen LogP contribution is -2.44. The fourth-order valence-electron chi connectivity index (χ4n) is 3.97.